The molecular weight excluding hydrogens is 278 g/mol. The lowest BCUT2D eigenvalue weighted by Gasteiger charge is -2.26. The minimum absolute atomic E-state index is 0.0806. The molecule has 2 heterocycles. The molecular formula is C13H21N3O3S. The first-order valence-electron chi connectivity index (χ1n) is 6.72. The average molecular weight is 299 g/mol. The maximum Gasteiger partial charge on any atom is 0.262 e. The minimum Gasteiger partial charge on any atom is -0.386 e. The zero-order valence-electron chi connectivity index (χ0n) is 11.9. The topological polar surface area (TPSA) is 71.5 Å². The highest BCUT2D eigenvalue weighted by Gasteiger charge is 2.27. The number of nitrogens with zero attached hydrogens (tertiary/aromatic N) is 2. The third-order valence-corrected chi connectivity index (χ3v) is 5.34. The van der Waals surface area contributed by atoms with E-state index in [-0.39, 0.29) is 5.03 Å². The molecule has 1 N–H and O–H groups in total. The Morgan fingerprint density at radius 1 is 1.45 bits per heavy atom. The van der Waals surface area contributed by atoms with Gasteiger partial charge in [-0.1, -0.05) is 0 Å². The Balaban J connectivity index is 2.16. The van der Waals surface area contributed by atoms with Gasteiger partial charge in [0.2, 0.25) is 0 Å². The van der Waals surface area contributed by atoms with Crippen LogP contribution >= 0.6 is 0 Å². The molecule has 0 bridgehead atoms. The first-order chi connectivity index (χ1) is 9.55. The zero-order valence-corrected chi connectivity index (χ0v) is 12.7. The van der Waals surface area contributed by atoms with Crippen LogP contribution in [0.1, 0.15) is 12.8 Å². The van der Waals surface area contributed by atoms with E-state index in [1.54, 1.807) is 26.2 Å². The molecule has 1 aliphatic rings. The molecule has 1 aromatic heterocycles. The highest BCUT2D eigenvalue weighted by Crippen LogP contribution is 2.23. The van der Waals surface area contributed by atoms with Crippen molar-refractivity contribution in [2.75, 3.05) is 39.2 Å². The first kappa shape index (κ1) is 15.2. The van der Waals surface area contributed by atoms with Gasteiger partial charge in [-0.25, -0.2) is 13.4 Å². The SMILES string of the molecule is CNc1cccnc1S(=O)(=O)N(C)CC1CCOCC1. The van der Waals surface area contributed by atoms with Crippen LogP contribution < -0.4 is 5.32 Å². The molecule has 0 radical (unpaired) electrons. The van der Waals surface area contributed by atoms with E-state index in [1.165, 1.54) is 10.5 Å². The fourth-order valence-corrected chi connectivity index (χ4v) is 3.67. The Hall–Kier alpha value is -1.18. The molecule has 0 unspecified atom stereocenters. The van der Waals surface area contributed by atoms with Gasteiger partial charge in [-0.2, -0.15) is 4.31 Å². The third-order valence-electron chi connectivity index (χ3n) is 3.55. The predicted molar refractivity (Wildman–Crippen MR) is 77.1 cm³/mol. The molecule has 1 aliphatic heterocycles. The van der Waals surface area contributed by atoms with Gasteiger partial charge in [0.25, 0.3) is 10.0 Å². The van der Waals surface area contributed by atoms with Crippen LogP contribution in [0.4, 0.5) is 5.69 Å². The van der Waals surface area contributed by atoms with Gasteiger partial charge in [0, 0.05) is 40.1 Å². The molecule has 0 atom stereocenters. The lowest BCUT2D eigenvalue weighted by molar-refractivity contribution is 0.0620. The summed E-state index contributed by atoms with van der Waals surface area (Å²) in [6, 6.07) is 3.42. The smallest absolute Gasteiger partial charge is 0.262 e. The summed E-state index contributed by atoms with van der Waals surface area (Å²) in [6.45, 7) is 1.93. The van der Waals surface area contributed by atoms with Crippen molar-refractivity contribution in [3.05, 3.63) is 18.3 Å². The van der Waals surface area contributed by atoms with E-state index in [0.29, 0.717) is 31.4 Å². The van der Waals surface area contributed by atoms with Gasteiger partial charge in [0.05, 0.1) is 5.69 Å². The second-order valence-electron chi connectivity index (χ2n) is 4.95. The van der Waals surface area contributed by atoms with Crippen molar-refractivity contribution in [3.63, 3.8) is 0 Å². The standard InChI is InChI=1S/C13H21N3O3S/c1-14-12-4-3-7-15-13(12)20(17,18)16(2)10-11-5-8-19-9-6-11/h3-4,7,11,14H,5-6,8-10H2,1-2H3. The summed E-state index contributed by atoms with van der Waals surface area (Å²) in [5.41, 5.74) is 0.520. The Kier molecular flexibility index (Phi) is 4.95. The minimum atomic E-state index is -3.56. The number of hydrogen-bond donors (Lipinski definition) is 1. The number of sulfonamides is 1. The summed E-state index contributed by atoms with van der Waals surface area (Å²) in [5.74, 6) is 0.352. The van der Waals surface area contributed by atoms with Crippen molar-refractivity contribution in [2.45, 2.75) is 17.9 Å². The second-order valence-corrected chi connectivity index (χ2v) is 6.91. The molecule has 0 saturated carbocycles. The monoisotopic (exact) mass is 299 g/mol. The van der Waals surface area contributed by atoms with Crippen molar-refractivity contribution < 1.29 is 13.2 Å². The number of hydrogen-bond acceptors (Lipinski definition) is 5. The zero-order chi connectivity index (χ0) is 14.6. The molecule has 112 valence electrons. The third kappa shape index (κ3) is 3.28. The van der Waals surface area contributed by atoms with Gasteiger partial charge in [-0.15, -0.1) is 0 Å². The van der Waals surface area contributed by atoms with E-state index in [0.717, 1.165) is 12.8 Å². The van der Waals surface area contributed by atoms with E-state index in [9.17, 15) is 8.42 Å². The van der Waals surface area contributed by atoms with E-state index in [4.69, 9.17) is 4.74 Å². The molecule has 6 nitrogen and oxygen atoms in total. The first-order valence-corrected chi connectivity index (χ1v) is 8.16. The fourth-order valence-electron chi connectivity index (χ4n) is 2.32. The predicted octanol–water partition coefficient (Wildman–Crippen LogP) is 1.17. The van der Waals surface area contributed by atoms with Crippen LogP contribution in [0.2, 0.25) is 0 Å². The van der Waals surface area contributed by atoms with Crippen LogP contribution in [0.25, 0.3) is 0 Å². The average Bonchev–Trinajstić information content (AvgIpc) is 2.48. The second kappa shape index (κ2) is 6.51. The Labute approximate surface area is 120 Å². The largest absolute Gasteiger partial charge is 0.386 e. The van der Waals surface area contributed by atoms with Crippen molar-refractivity contribution in [3.8, 4) is 0 Å². The Morgan fingerprint density at radius 2 is 2.15 bits per heavy atom. The molecule has 1 saturated heterocycles. The summed E-state index contributed by atoms with van der Waals surface area (Å²) in [6.07, 6.45) is 3.30. The molecule has 20 heavy (non-hydrogen) atoms. The number of ether oxygens (including phenoxy) is 1. The number of rotatable bonds is 5. The van der Waals surface area contributed by atoms with E-state index in [1.807, 2.05) is 0 Å². The normalized spacial score (nSPS) is 17.4. The van der Waals surface area contributed by atoms with Gasteiger partial charge in [0.15, 0.2) is 5.03 Å². The van der Waals surface area contributed by atoms with Gasteiger partial charge in [0.1, 0.15) is 0 Å². The molecule has 0 amide bonds. The molecule has 0 aromatic carbocycles. The van der Waals surface area contributed by atoms with Crippen LogP contribution in [0.3, 0.4) is 0 Å². The van der Waals surface area contributed by atoms with E-state index >= 15 is 0 Å². The summed E-state index contributed by atoms with van der Waals surface area (Å²) in [7, 11) is -0.263. The number of aromatic nitrogens is 1. The van der Waals surface area contributed by atoms with Gasteiger partial charge in [-0.05, 0) is 30.9 Å². The Morgan fingerprint density at radius 3 is 2.80 bits per heavy atom. The molecule has 0 aliphatic carbocycles. The van der Waals surface area contributed by atoms with Crippen LogP contribution in [0.5, 0.6) is 0 Å². The van der Waals surface area contributed by atoms with Gasteiger partial charge >= 0.3 is 0 Å². The Bertz CT molecular complexity index is 542. The highest BCUT2D eigenvalue weighted by atomic mass is 32.2. The van der Waals surface area contributed by atoms with Crippen LogP contribution in [0.15, 0.2) is 23.4 Å². The number of anilines is 1. The van der Waals surface area contributed by atoms with Crippen molar-refractivity contribution in [1.29, 1.82) is 0 Å². The summed E-state index contributed by atoms with van der Waals surface area (Å²) >= 11 is 0. The fraction of sp³-hybridized carbons (Fsp3) is 0.615. The highest BCUT2D eigenvalue weighted by molar-refractivity contribution is 7.89. The lowest BCUT2D eigenvalue weighted by atomic mass is 10.0. The number of pyridine rings is 1. The van der Waals surface area contributed by atoms with Gasteiger partial charge in [-0.3, -0.25) is 0 Å². The van der Waals surface area contributed by atoms with Crippen LogP contribution in [-0.2, 0) is 14.8 Å². The van der Waals surface area contributed by atoms with Crippen molar-refractivity contribution >= 4 is 15.7 Å². The molecule has 1 aromatic rings. The van der Waals surface area contributed by atoms with Crippen LogP contribution in [0, 0.1) is 5.92 Å². The lowest BCUT2D eigenvalue weighted by Crippen LogP contribution is -2.34. The van der Waals surface area contributed by atoms with Gasteiger partial charge < -0.3 is 10.1 Å². The summed E-state index contributed by atoms with van der Waals surface area (Å²) in [4.78, 5) is 4.02. The molecule has 0 spiro atoms. The quantitative estimate of drug-likeness (QED) is 0.883. The molecule has 7 heteroatoms. The maximum atomic E-state index is 12.6. The van der Waals surface area contributed by atoms with Crippen LogP contribution in [-0.4, -0.2) is 51.6 Å². The van der Waals surface area contributed by atoms with Crippen molar-refractivity contribution in [1.82, 2.24) is 9.29 Å². The number of nitrogens with one attached hydrogen (secondary N) is 1. The van der Waals surface area contributed by atoms with E-state index < -0.39 is 10.0 Å². The summed E-state index contributed by atoms with van der Waals surface area (Å²) < 4.78 is 31.8. The van der Waals surface area contributed by atoms with Crippen molar-refractivity contribution in [2.24, 2.45) is 5.92 Å². The molecule has 1 fully saturated rings. The molecule has 2 rings (SSSR count). The summed E-state index contributed by atoms with van der Waals surface area (Å²) in [5, 5.41) is 2.95. The maximum absolute atomic E-state index is 12.6. The van der Waals surface area contributed by atoms with E-state index in [2.05, 4.69) is 10.3 Å².